The number of hydrogen-bond donors (Lipinski definition) is 0. The summed E-state index contributed by atoms with van der Waals surface area (Å²) in [5.41, 5.74) is 14.7. The first kappa shape index (κ1) is 30.8. The molecule has 0 aliphatic rings. The fraction of sp³-hybridized carbons (Fsp3) is 0.0588. The molecule has 8 aromatic carbocycles. The van der Waals surface area contributed by atoms with Crippen molar-refractivity contribution in [2.45, 2.75) is 19.9 Å². The van der Waals surface area contributed by atoms with Crippen molar-refractivity contribution in [3.05, 3.63) is 182 Å². The summed E-state index contributed by atoms with van der Waals surface area (Å²) in [5, 5.41) is 7.65. The molecule has 3 nitrogen and oxygen atoms in total. The van der Waals surface area contributed by atoms with Crippen LogP contribution in [0.25, 0.3) is 99.0 Å². The number of benzene rings is 8. The van der Waals surface area contributed by atoms with Crippen LogP contribution in [0.15, 0.2) is 182 Å². The van der Waals surface area contributed by atoms with Crippen LogP contribution in [0.1, 0.15) is 19.9 Å². The Morgan fingerprint density at radius 1 is 0.296 bits per heavy atom. The fourth-order valence-corrected chi connectivity index (χ4v) is 8.98. The number of aromatic nitrogens is 3. The van der Waals surface area contributed by atoms with E-state index in [-0.39, 0.29) is 6.04 Å². The van der Waals surface area contributed by atoms with E-state index in [2.05, 4.69) is 210 Å². The molecule has 0 bridgehead atoms. The summed E-state index contributed by atoms with van der Waals surface area (Å²) in [6, 6.07) is 67.1. The Kier molecular flexibility index (Phi) is 6.74. The maximum atomic E-state index is 2.53. The molecule has 11 rings (SSSR count). The molecule has 0 atom stereocenters. The van der Waals surface area contributed by atoms with Gasteiger partial charge < -0.3 is 13.7 Å². The number of rotatable bonds is 5. The summed E-state index contributed by atoms with van der Waals surface area (Å²) in [6.45, 7) is 4.60. The molecule has 3 aromatic heterocycles. The van der Waals surface area contributed by atoms with Gasteiger partial charge in [0, 0.05) is 60.8 Å². The van der Waals surface area contributed by atoms with E-state index in [0.29, 0.717) is 0 Å². The van der Waals surface area contributed by atoms with Crippen molar-refractivity contribution in [2.75, 3.05) is 0 Å². The van der Waals surface area contributed by atoms with E-state index in [1.54, 1.807) is 0 Å². The third-order valence-electron chi connectivity index (χ3n) is 11.4. The van der Waals surface area contributed by atoms with Crippen LogP contribution in [-0.2, 0) is 0 Å². The molecule has 0 spiro atoms. The van der Waals surface area contributed by atoms with E-state index in [1.165, 1.54) is 99.0 Å². The van der Waals surface area contributed by atoms with Crippen molar-refractivity contribution in [3.8, 4) is 33.6 Å². The summed E-state index contributed by atoms with van der Waals surface area (Å²) >= 11 is 0. The van der Waals surface area contributed by atoms with Gasteiger partial charge in [-0.2, -0.15) is 0 Å². The van der Waals surface area contributed by atoms with E-state index >= 15 is 0 Å². The van der Waals surface area contributed by atoms with Crippen molar-refractivity contribution in [1.82, 2.24) is 13.7 Å². The maximum absolute atomic E-state index is 2.53. The Morgan fingerprint density at radius 2 is 0.648 bits per heavy atom. The van der Waals surface area contributed by atoms with Gasteiger partial charge in [0.25, 0.3) is 0 Å². The number of hydrogen-bond acceptors (Lipinski definition) is 0. The summed E-state index contributed by atoms with van der Waals surface area (Å²) in [5.74, 6) is 0. The number of fused-ring (bicyclic) bond motifs is 9. The van der Waals surface area contributed by atoms with E-state index in [1.807, 2.05) is 0 Å². The van der Waals surface area contributed by atoms with E-state index in [0.717, 1.165) is 0 Å². The van der Waals surface area contributed by atoms with Gasteiger partial charge in [-0.1, -0.05) is 109 Å². The molecular weight excluding hydrogens is 655 g/mol. The molecule has 0 aliphatic heterocycles. The molecule has 256 valence electrons. The zero-order chi connectivity index (χ0) is 35.9. The first-order chi connectivity index (χ1) is 26.6. The standard InChI is InChI=1S/C51H37N3/c1-33(2)52-50-31-36(34-23-27-48-44(29-34)40-17-9-11-19-46(40)53(48)38-13-5-3-6-14-38)21-25-42(50)43-26-22-37(32-51(43)52)35-24-28-49-45(30-35)41-18-10-12-20-47(41)54(49)39-15-7-4-8-16-39/h3-33H,1-2H3. The van der Waals surface area contributed by atoms with Gasteiger partial charge in [0.2, 0.25) is 0 Å². The first-order valence-corrected chi connectivity index (χ1v) is 18.9. The van der Waals surface area contributed by atoms with Crippen LogP contribution >= 0.6 is 0 Å². The highest BCUT2D eigenvalue weighted by Crippen LogP contribution is 2.40. The molecule has 0 amide bonds. The van der Waals surface area contributed by atoms with Gasteiger partial charge in [0.05, 0.1) is 22.1 Å². The zero-order valence-corrected chi connectivity index (χ0v) is 30.2. The SMILES string of the molecule is CC(C)n1c2cc(-c3ccc4c(c3)c3ccccc3n4-c3ccccc3)ccc2c2ccc(-c3ccc4c(c3)c3ccccc3n4-c3ccccc3)cc21. The van der Waals surface area contributed by atoms with Crippen LogP contribution in [0.3, 0.4) is 0 Å². The normalized spacial score (nSPS) is 12.1. The molecule has 0 aliphatic carbocycles. The van der Waals surface area contributed by atoms with Crippen LogP contribution < -0.4 is 0 Å². The van der Waals surface area contributed by atoms with Crippen LogP contribution in [0, 0.1) is 0 Å². The van der Waals surface area contributed by atoms with Gasteiger partial charge in [0.15, 0.2) is 0 Å². The summed E-state index contributed by atoms with van der Waals surface area (Å²) in [7, 11) is 0. The molecule has 0 saturated heterocycles. The van der Waals surface area contributed by atoms with Crippen LogP contribution in [0.5, 0.6) is 0 Å². The van der Waals surface area contributed by atoms with Gasteiger partial charge in [-0.15, -0.1) is 0 Å². The molecule has 3 heterocycles. The highest BCUT2D eigenvalue weighted by atomic mass is 15.0. The Balaban J connectivity index is 1.05. The van der Waals surface area contributed by atoms with Gasteiger partial charge >= 0.3 is 0 Å². The Morgan fingerprint density at radius 3 is 1.09 bits per heavy atom. The van der Waals surface area contributed by atoms with Crippen molar-refractivity contribution in [3.63, 3.8) is 0 Å². The van der Waals surface area contributed by atoms with E-state index < -0.39 is 0 Å². The minimum atomic E-state index is 0.285. The third-order valence-corrected chi connectivity index (χ3v) is 11.4. The predicted molar refractivity (Wildman–Crippen MR) is 229 cm³/mol. The van der Waals surface area contributed by atoms with Crippen molar-refractivity contribution < 1.29 is 0 Å². The highest BCUT2D eigenvalue weighted by molar-refractivity contribution is 6.13. The topological polar surface area (TPSA) is 14.8 Å². The maximum Gasteiger partial charge on any atom is 0.0541 e. The van der Waals surface area contributed by atoms with Crippen LogP contribution in [0.4, 0.5) is 0 Å². The van der Waals surface area contributed by atoms with Gasteiger partial charge in [-0.3, -0.25) is 0 Å². The monoisotopic (exact) mass is 691 g/mol. The number of para-hydroxylation sites is 4. The minimum absolute atomic E-state index is 0.285. The molecule has 0 fully saturated rings. The molecule has 0 N–H and O–H groups in total. The van der Waals surface area contributed by atoms with Crippen LogP contribution in [0.2, 0.25) is 0 Å². The Hall–Kier alpha value is -6.84. The average Bonchev–Trinajstić information content (AvgIpc) is 3.86. The predicted octanol–water partition coefficient (Wildman–Crippen LogP) is 13.9. The molecule has 0 unspecified atom stereocenters. The molecule has 54 heavy (non-hydrogen) atoms. The molecule has 11 aromatic rings. The summed E-state index contributed by atoms with van der Waals surface area (Å²) < 4.78 is 7.28. The van der Waals surface area contributed by atoms with Gasteiger partial charge in [0.1, 0.15) is 0 Å². The van der Waals surface area contributed by atoms with E-state index in [4.69, 9.17) is 0 Å². The lowest BCUT2D eigenvalue weighted by Gasteiger charge is -2.13. The molecular formula is C51H37N3. The minimum Gasteiger partial charge on any atom is -0.338 e. The van der Waals surface area contributed by atoms with Crippen molar-refractivity contribution in [1.29, 1.82) is 0 Å². The molecule has 3 heteroatoms. The molecule has 0 saturated carbocycles. The quantitative estimate of drug-likeness (QED) is 0.171. The Labute approximate surface area is 313 Å². The first-order valence-electron chi connectivity index (χ1n) is 18.9. The van der Waals surface area contributed by atoms with E-state index in [9.17, 15) is 0 Å². The second kappa shape index (κ2) is 11.8. The second-order valence-corrected chi connectivity index (χ2v) is 14.8. The lowest BCUT2D eigenvalue weighted by atomic mass is 10.00. The highest BCUT2D eigenvalue weighted by Gasteiger charge is 2.18. The van der Waals surface area contributed by atoms with Gasteiger partial charge in [-0.05, 0) is 109 Å². The zero-order valence-electron chi connectivity index (χ0n) is 30.2. The molecule has 0 radical (unpaired) electrons. The summed E-state index contributed by atoms with van der Waals surface area (Å²) in [4.78, 5) is 0. The van der Waals surface area contributed by atoms with Gasteiger partial charge in [-0.25, -0.2) is 0 Å². The number of nitrogens with zero attached hydrogens (tertiary/aromatic N) is 3. The third kappa shape index (κ3) is 4.55. The van der Waals surface area contributed by atoms with Crippen LogP contribution in [-0.4, -0.2) is 13.7 Å². The fourth-order valence-electron chi connectivity index (χ4n) is 8.98. The van der Waals surface area contributed by atoms with Crippen molar-refractivity contribution in [2.24, 2.45) is 0 Å². The lowest BCUT2D eigenvalue weighted by Crippen LogP contribution is -2.00. The summed E-state index contributed by atoms with van der Waals surface area (Å²) in [6.07, 6.45) is 0. The smallest absolute Gasteiger partial charge is 0.0541 e. The average molecular weight is 692 g/mol. The Bertz CT molecular complexity index is 3010. The largest absolute Gasteiger partial charge is 0.338 e. The van der Waals surface area contributed by atoms with Crippen molar-refractivity contribution >= 4 is 65.4 Å². The lowest BCUT2D eigenvalue weighted by molar-refractivity contribution is 0.642. The second-order valence-electron chi connectivity index (χ2n) is 14.8.